The summed E-state index contributed by atoms with van der Waals surface area (Å²) in [5, 5.41) is 3.57. The van der Waals surface area contributed by atoms with Gasteiger partial charge < -0.3 is 15.0 Å². The standard InChI is InChI=1S/C16H33N3O/c1-4-17-12-16(7-5-10-20-14-16)13-19-9-6-8-18(3)11-15(19)2/h15,17H,4-14H2,1-3H3. The maximum absolute atomic E-state index is 5.83. The van der Waals surface area contributed by atoms with Crippen LogP contribution in [-0.2, 0) is 4.74 Å². The molecule has 2 aliphatic rings. The van der Waals surface area contributed by atoms with E-state index in [-0.39, 0.29) is 0 Å². The van der Waals surface area contributed by atoms with Gasteiger partial charge in [-0.3, -0.25) is 4.90 Å². The molecule has 0 aromatic carbocycles. The van der Waals surface area contributed by atoms with Crippen molar-refractivity contribution in [3.63, 3.8) is 0 Å². The molecule has 0 saturated carbocycles. The Morgan fingerprint density at radius 1 is 1.30 bits per heavy atom. The second kappa shape index (κ2) is 7.74. The first-order valence-electron chi connectivity index (χ1n) is 8.36. The van der Waals surface area contributed by atoms with Crippen molar-refractivity contribution in [1.29, 1.82) is 0 Å². The van der Waals surface area contributed by atoms with Gasteiger partial charge in [-0.2, -0.15) is 0 Å². The third-order valence-corrected chi connectivity index (χ3v) is 4.88. The van der Waals surface area contributed by atoms with Gasteiger partial charge in [0, 0.05) is 37.7 Å². The molecule has 0 amide bonds. The molecule has 118 valence electrons. The van der Waals surface area contributed by atoms with Crippen molar-refractivity contribution in [2.75, 3.05) is 59.5 Å². The maximum atomic E-state index is 5.83. The third kappa shape index (κ3) is 4.42. The Balaban J connectivity index is 1.98. The fourth-order valence-electron chi connectivity index (χ4n) is 3.71. The van der Waals surface area contributed by atoms with E-state index in [1.807, 2.05) is 0 Å². The van der Waals surface area contributed by atoms with E-state index < -0.39 is 0 Å². The summed E-state index contributed by atoms with van der Waals surface area (Å²) >= 11 is 0. The van der Waals surface area contributed by atoms with Crippen LogP contribution in [0.2, 0.25) is 0 Å². The van der Waals surface area contributed by atoms with Gasteiger partial charge in [0.15, 0.2) is 0 Å². The van der Waals surface area contributed by atoms with Crippen LogP contribution in [0.5, 0.6) is 0 Å². The van der Waals surface area contributed by atoms with Gasteiger partial charge in [0.2, 0.25) is 0 Å². The molecular weight excluding hydrogens is 250 g/mol. The average Bonchev–Trinajstić information content (AvgIpc) is 2.59. The number of likely N-dealkylation sites (N-methyl/N-ethyl adjacent to an activating group) is 1. The van der Waals surface area contributed by atoms with Crippen LogP contribution in [0.3, 0.4) is 0 Å². The molecule has 0 bridgehead atoms. The molecule has 2 atom stereocenters. The molecule has 0 aromatic rings. The molecule has 2 aliphatic heterocycles. The number of nitrogens with zero attached hydrogens (tertiary/aromatic N) is 2. The van der Waals surface area contributed by atoms with E-state index in [1.54, 1.807) is 0 Å². The molecule has 0 aromatic heterocycles. The highest BCUT2D eigenvalue weighted by Gasteiger charge is 2.36. The van der Waals surface area contributed by atoms with Gasteiger partial charge in [-0.15, -0.1) is 0 Å². The molecule has 2 fully saturated rings. The number of hydrogen-bond acceptors (Lipinski definition) is 4. The minimum atomic E-state index is 0.325. The normalized spacial score (nSPS) is 34.0. The Bertz CT molecular complexity index is 279. The number of rotatable bonds is 5. The highest BCUT2D eigenvalue weighted by Crippen LogP contribution is 2.30. The van der Waals surface area contributed by atoms with Gasteiger partial charge in [-0.25, -0.2) is 0 Å². The molecule has 2 saturated heterocycles. The van der Waals surface area contributed by atoms with Gasteiger partial charge in [0.25, 0.3) is 0 Å². The van der Waals surface area contributed by atoms with E-state index in [9.17, 15) is 0 Å². The zero-order valence-corrected chi connectivity index (χ0v) is 13.7. The number of nitrogens with one attached hydrogen (secondary N) is 1. The van der Waals surface area contributed by atoms with E-state index in [0.29, 0.717) is 11.5 Å². The topological polar surface area (TPSA) is 27.7 Å². The largest absolute Gasteiger partial charge is 0.381 e. The maximum Gasteiger partial charge on any atom is 0.0546 e. The van der Waals surface area contributed by atoms with Crippen LogP contribution >= 0.6 is 0 Å². The smallest absolute Gasteiger partial charge is 0.0546 e. The van der Waals surface area contributed by atoms with Crippen LogP contribution in [0.1, 0.15) is 33.1 Å². The predicted octanol–water partition coefficient (Wildman–Crippen LogP) is 1.42. The second-order valence-electron chi connectivity index (χ2n) is 6.87. The van der Waals surface area contributed by atoms with Crippen LogP contribution in [0, 0.1) is 5.41 Å². The zero-order chi connectivity index (χ0) is 14.4. The van der Waals surface area contributed by atoms with Crippen molar-refractivity contribution in [2.45, 2.75) is 39.2 Å². The summed E-state index contributed by atoms with van der Waals surface area (Å²) in [6, 6.07) is 0.655. The van der Waals surface area contributed by atoms with Crippen LogP contribution in [-0.4, -0.2) is 75.4 Å². The van der Waals surface area contributed by atoms with Crippen molar-refractivity contribution in [1.82, 2.24) is 15.1 Å². The van der Waals surface area contributed by atoms with Crippen molar-refractivity contribution >= 4 is 0 Å². The Kier molecular flexibility index (Phi) is 6.27. The van der Waals surface area contributed by atoms with Crippen molar-refractivity contribution < 1.29 is 4.74 Å². The van der Waals surface area contributed by atoms with Gasteiger partial charge in [0.1, 0.15) is 0 Å². The minimum absolute atomic E-state index is 0.325. The van der Waals surface area contributed by atoms with E-state index >= 15 is 0 Å². The number of ether oxygens (including phenoxy) is 1. The second-order valence-corrected chi connectivity index (χ2v) is 6.87. The highest BCUT2D eigenvalue weighted by atomic mass is 16.5. The molecule has 20 heavy (non-hydrogen) atoms. The van der Waals surface area contributed by atoms with Gasteiger partial charge in [-0.1, -0.05) is 6.92 Å². The highest BCUT2D eigenvalue weighted by molar-refractivity contribution is 4.89. The molecule has 0 aliphatic carbocycles. The summed E-state index contributed by atoms with van der Waals surface area (Å²) in [5.74, 6) is 0. The van der Waals surface area contributed by atoms with Crippen LogP contribution in [0.4, 0.5) is 0 Å². The number of hydrogen-bond donors (Lipinski definition) is 1. The summed E-state index contributed by atoms with van der Waals surface area (Å²) < 4.78 is 5.83. The predicted molar refractivity (Wildman–Crippen MR) is 84.2 cm³/mol. The van der Waals surface area contributed by atoms with Crippen LogP contribution in [0.15, 0.2) is 0 Å². The quantitative estimate of drug-likeness (QED) is 0.826. The van der Waals surface area contributed by atoms with Crippen LogP contribution < -0.4 is 5.32 Å². The molecule has 0 radical (unpaired) electrons. The van der Waals surface area contributed by atoms with Crippen molar-refractivity contribution in [2.24, 2.45) is 5.41 Å². The Morgan fingerprint density at radius 2 is 2.15 bits per heavy atom. The summed E-state index contributed by atoms with van der Waals surface area (Å²) in [7, 11) is 2.25. The van der Waals surface area contributed by atoms with E-state index in [0.717, 1.165) is 26.3 Å². The van der Waals surface area contributed by atoms with Crippen molar-refractivity contribution in [3.8, 4) is 0 Å². The van der Waals surface area contributed by atoms with Crippen molar-refractivity contribution in [3.05, 3.63) is 0 Å². The molecule has 2 rings (SSSR count). The molecule has 2 unspecified atom stereocenters. The average molecular weight is 283 g/mol. The molecule has 4 heteroatoms. The first kappa shape index (κ1) is 16.2. The molecule has 1 N–H and O–H groups in total. The minimum Gasteiger partial charge on any atom is -0.381 e. The summed E-state index contributed by atoms with van der Waals surface area (Å²) in [6.07, 6.45) is 3.81. The third-order valence-electron chi connectivity index (χ3n) is 4.88. The lowest BCUT2D eigenvalue weighted by Crippen LogP contribution is -2.51. The SMILES string of the molecule is CCNCC1(CN2CCCN(C)CC2C)CCCOC1. The lowest BCUT2D eigenvalue weighted by Gasteiger charge is -2.42. The molecular formula is C16H33N3O. The zero-order valence-electron chi connectivity index (χ0n) is 13.7. The summed E-state index contributed by atoms with van der Waals surface area (Å²) in [4.78, 5) is 5.18. The van der Waals surface area contributed by atoms with Gasteiger partial charge in [0.05, 0.1) is 6.61 Å². The van der Waals surface area contributed by atoms with E-state index in [2.05, 4.69) is 36.0 Å². The Morgan fingerprint density at radius 3 is 2.85 bits per heavy atom. The first-order chi connectivity index (χ1) is 9.65. The molecule has 2 heterocycles. The monoisotopic (exact) mass is 283 g/mol. The summed E-state index contributed by atoms with van der Waals surface area (Å²) in [5.41, 5.74) is 0.325. The molecule has 0 spiro atoms. The summed E-state index contributed by atoms with van der Waals surface area (Å²) in [6.45, 7) is 13.5. The fraction of sp³-hybridized carbons (Fsp3) is 1.00. The van der Waals surface area contributed by atoms with Gasteiger partial charge in [-0.05, 0) is 52.9 Å². The van der Waals surface area contributed by atoms with Crippen LogP contribution in [0.25, 0.3) is 0 Å². The lowest BCUT2D eigenvalue weighted by molar-refractivity contribution is -0.0310. The van der Waals surface area contributed by atoms with E-state index in [1.165, 1.54) is 45.4 Å². The molecule has 4 nitrogen and oxygen atoms in total. The Hall–Kier alpha value is -0.160. The first-order valence-corrected chi connectivity index (χ1v) is 8.36. The van der Waals surface area contributed by atoms with E-state index in [4.69, 9.17) is 4.74 Å². The lowest BCUT2D eigenvalue weighted by atomic mass is 9.81. The Labute approximate surface area is 124 Å². The fourth-order valence-corrected chi connectivity index (χ4v) is 3.71. The van der Waals surface area contributed by atoms with Gasteiger partial charge >= 0.3 is 0 Å².